The second kappa shape index (κ2) is 6.36. The number of benzene rings is 2. The van der Waals surface area contributed by atoms with Crippen LogP contribution in [0.5, 0.6) is 11.5 Å². The highest BCUT2D eigenvalue weighted by molar-refractivity contribution is 5.69. The van der Waals surface area contributed by atoms with Crippen molar-refractivity contribution in [3.05, 3.63) is 59.9 Å². The first-order valence-corrected chi connectivity index (χ1v) is 7.19. The molecule has 0 fully saturated rings. The van der Waals surface area contributed by atoms with E-state index in [9.17, 15) is 5.11 Å². The van der Waals surface area contributed by atoms with E-state index >= 15 is 0 Å². The molecule has 5 heteroatoms. The van der Waals surface area contributed by atoms with E-state index in [1.807, 2.05) is 48.6 Å². The number of methoxy groups -OCH3 is 1. The average Bonchev–Trinajstić information content (AvgIpc) is 2.94. The summed E-state index contributed by atoms with van der Waals surface area (Å²) in [5, 5.41) is 14.3. The number of hydrogen-bond donors (Lipinski definition) is 1. The summed E-state index contributed by atoms with van der Waals surface area (Å²) in [7, 11) is 3.45. The normalized spacial score (nSPS) is 11.0. The molecule has 23 heavy (non-hydrogen) atoms. The first-order chi connectivity index (χ1) is 11.2. The van der Waals surface area contributed by atoms with E-state index in [0.717, 1.165) is 11.3 Å². The number of hydrogen-bond acceptors (Lipinski definition) is 4. The third kappa shape index (κ3) is 3.23. The zero-order chi connectivity index (χ0) is 16.2. The molecule has 5 nitrogen and oxygen atoms in total. The van der Waals surface area contributed by atoms with Gasteiger partial charge in [-0.2, -0.15) is 5.10 Å². The second-order valence-corrected chi connectivity index (χ2v) is 5.04. The molecule has 1 heterocycles. The molecule has 0 atom stereocenters. The molecule has 1 aromatic heterocycles. The summed E-state index contributed by atoms with van der Waals surface area (Å²) in [6.45, 7) is 0. The molecule has 0 saturated carbocycles. The molecule has 0 radical (unpaired) electrons. The maximum atomic E-state index is 9.94. The molecule has 116 valence electrons. The van der Waals surface area contributed by atoms with Crippen molar-refractivity contribution in [1.82, 2.24) is 14.8 Å². The summed E-state index contributed by atoms with van der Waals surface area (Å²) in [5.41, 5.74) is 1.69. The number of phenolic OH excluding ortho intramolecular Hbond substituents is 1. The summed E-state index contributed by atoms with van der Waals surface area (Å²) in [6.07, 6.45) is 3.77. The Hall–Kier alpha value is -3.08. The van der Waals surface area contributed by atoms with Crippen LogP contribution in [0, 0.1) is 0 Å². The van der Waals surface area contributed by atoms with Crippen molar-refractivity contribution in [2.24, 2.45) is 7.05 Å². The Morgan fingerprint density at radius 2 is 1.78 bits per heavy atom. The van der Waals surface area contributed by atoms with Crippen LogP contribution in [0.3, 0.4) is 0 Å². The Morgan fingerprint density at radius 1 is 1.04 bits per heavy atom. The molecular weight excluding hydrogens is 290 g/mol. The molecule has 1 N–H and O–H groups in total. The van der Waals surface area contributed by atoms with Gasteiger partial charge >= 0.3 is 0 Å². The summed E-state index contributed by atoms with van der Waals surface area (Å²) in [6, 6.07) is 14.8. The molecule has 0 aliphatic rings. The van der Waals surface area contributed by atoms with Gasteiger partial charge in [-0.3, -0.25) is 0 Å². The van der Waals surface area contributed by atoms with E-state index in [0.29, 0.717) is 17.2 Å². The standard InChI is InChI=1S/C18H17N3O2/c1-21-18(15-5-3-4-6-16(15)22)19-17(20-21)12-9-13-7-10-14(23-2)11-8-13/h3-12,22H,1-2H3. The summed E-state index contributed by atoms with van der Waals surface area (Å²) in [5.74, 6) is 2.22. The van der Waals surface area contributed by atoms with Gasteiger partial charge in [0.25, 0.3) is 0 Å². The highest BCUT2D eigenvalue weighted by Crippen LogP contribution is 2.26. The summed E-state index contributed by atoms with van der Waals surface area (Å²) < 4.78 is 6.79. The highest BCUT2D eigenvalue weighted by Gasteiger charge is 2.11. The van der Waals surface area contributed by atoms with Crippen molar-refractivity contribution in [2.45, 2.75) is 0 Å². The Balaban J connectivity index is 1.86. The number of rotatable bonds is 4. The zero-order valence-electron chi connectivity index (χ0n) is 13.0. The minimum Gasteiger partial charge on any atom is -0.507 e. The van der Waals surface area contributed by atoms with Crippen molar-refractivity contribution in [3.8, 4) is 22.9 Å². The first kappa shape index (κ1) is 14.8. The monoisotopic (exact) mass is 307 g/mol. The minimum absolute atomic E-state index is 0.189. The molecule has 0 aliphatic heterocycles. The van der Waals surface area contributed by atoms with Gasteiger partial charge in [-0.25, -0.2) is 9.67 Å². The van der Waals surface area contributed by atoms with Crippen LogP contribution in [0.1, 0.15) is 11.4 Å². The van der Waals surface area contributed by atoms with E-state index in [1.54, 1.807) is 31.0 Å². The lowest BCUT2D eigenvalue weighted by atomic mass is 10.2. The van der Waals surface area contributed by atoms with Crippen molar-refractivity contribution in [1.29, 1.82) is 0 Å². The van der Waals surface area contributed by atoms with Crippen LogP contribution >= 0.6 is 0 Å². The number of aromatic nitrogens is 3. The maximum absolute atomic E-state index is 9.94. The fourth-order valence-corrected chi connectivity index (χ4v) is 2.26. The second-order valence-electron chi connectivity index (χ2n) is 5.04. The highest BCUT2D eigenvalue weighted by atomic mass is 16.5. The fraction of sp³-hybridized carbons (Fsp3) is 0.111. The summed E-state index contributed by atoms with van der Waals surface area (Å²) >= 11 is 0. The van der Waals surface area contributed by atoms with Crippen molar-refractivity contribution in [3.63, 3.8) is 0 Å². The van der Waals surface area contributed by atoms with Gasteiger partial charge < -0.3 is 9.84 Å². The van der Waals surface area contributed by atoms with E-state index < -0.39 is 0 Å². The van der Waals surface area contributed by atoms with Crippen molar-refractivity contribution < 1.29 is 9.84 Å². The Morgan fingerprint density at radius 3 is 2.48 bits per heavy atom. The quantitative estimate of drug-likeness (QED) is 0.803. The average molecular weight is 307 g/mol. The topological polar surface area (TPSA) is 60.2 Å². The van der Waals surface area contributed by atoms with E-state index in [2.05, 4.69) is 10.1 Å². The number of phenols is 1. The Labute approximate surface area is 134 Å². The fourth-order valence-electron chi connectivity index (χ4n) is 2.26. The molecule has 3 aromatic rings. The van der Waals surface area contributed by atoms with Gasteiger partial charge in [0.1, 0.15) is 11.5 Å². The van der Waals surface area contributed by atoms with Gasteiger partial charge in [-0.05, 0) is 35.9 Å². The Kier molecular flexibility index (Phi) is 4.10. The van der Waals surface area contributed by atoms with E-state index in [1.165, 1.54) is 0 Å². The molecule has 0 unspecified atom stereocenters. The number of aryl methyl sites for hydroxylation is 1. The molecule has 0 spiro atoms. The zero-order valence-corrected chi connectivity index (χ0v) is 13.0. The van der Waals surface area contributed by atoms with Crippen molar-refractivity contribution in [2.75, 3.05) is 7.11 Å². The van der Waals surface area contributed by atoms with Crippen molar-refractivity contribution >= 4 is 12.2 Å². The molecule has 2 aromatic carbocycles. The largest absolute Gasteiger partial charge is 0.507 e. The number of aromatic hydroxyl groups is 1. The van der Waals surface area contributed by atoms with Crippen LogP contribution in [0.25, 0.3) is 23.5 Å². The van der Waals surface area contributed by atoms with Gasteiger partial charge in [0.2, 0.25) is 0 Å². The lowest BCUT2D eigenvalue weighted by molar-refractivity contribution is 0.415. The lowest BCUT2D eigenvalue weighted by Gasteiger charge is -2.01. The van der Waals surface area contributed by atoms with Crippen LogP contribution in [-0.2, 0) is 7.05 Å². The van der Waals surface area contributed by atoms with Crippen LogP contribution < -0.4 is 4.74 Å². The minimum atomic E-state index is 0.189. The maximum Gasteiger partial charge on any atom is 0.174 e. The van der Waals surface area contributed by atoms with Gasteiger partial charge in [0.15, 0.2) is 11.6 Å². The first-order valence-electron chi connectivity index (χ1n) is 7.19. The number of ether oxygens (including phenoxy) is 1. The molecule has 0 bridgehead atoms. The number of para-hydroxylation sites is 1. The molecule has 0 aliphatic carbocycles. The van der Waals surface area contributed by atoms with E-state index in [-0.39, 0.29) is 5.75 Å². The van der Waals surface area contributed by atoms with Crippen LogP contribution in [0.15, 0.2) is 48.5 Å². The Bertz CT molecular complexity index is 836. The van der Waals surface area contributed by atoms with Crippen LogP contribution in [-0.4, -0.2) is 27.0 Å². The van der Waals surface area contributed by atoms with Gasteiger partial charge in [0, 0.05) is 7.05 Å². The molecule has 3 rings (SSSR count). The predicted octanol–water partition coefficient (Wildman–Crippen LogP) is 3.37. The third-order valence-corrected chi connectivity index (χ3v) is 3.47. The van der Waals surface area contributed by atoms with Crippen LogP contribution in [0.4, 0.5) is 0 Å². The molecular formula is C18H17N3O2. The molecule has 0 amide bonds. The SMILES string of the molecule is COc1ccc(C=Cc2nc(-c3ccccc3O)n(C)n2)cc1. The predicted molar refractivity (Wildman–Crippen MR) is 90.0 cm³/mol. The van der Waals surface area contributed by atoms with Gasteiger partial charge in [0.05, 0.1) is 12.7 Å². The summed E-state index contributed by atoms with van der Waals surface area (Å²) in [4.78, 5) is 4.47. The third-order valence-electron chi connectivity index (χ3n) is 3.47. The number of nitrogens with zero attached hydrogens (tertiary/aromatic N) is 3. The van der Waals surface area contributed by atoms with Crippen LogP contribution in [0.2, 0.25) is 0 Å². The van der Waals surface area contributed by atoms with Gasteiger partial charge in [-0.15, -0.1) is 0 Å². The lowest BCUT2D eigenvalue weighted by Crippen LogP contribution is -1.94. The smallest absolute Gasteiger partial charge is 0.174 e. The van der Waals surface area contributed by atoms with Gasteiger partial charge in [-0.1, -0.05) is 30.3 Å². The molecule has 0 saturated heterocycles. The van der Waals surface area contributed by atoms with E-state index in [4.69, 9.17) is 4.74 Å².